The van der Waals surface area contributed by atoms with E-state index in [-0.39, 0.29) is 11.7 Å². The van der Waals surface area contributed by atoms with Crippen molar-refractivity contribution in [2.24, 2.45) is 5.73 Å². The number of carbonyl (C=O) groups is 1. The minimum absolute atomic E-state index is 0.00563. The first-order valence-electron chi connectivity index (χ1n) is 6.98. The lowest BCUT2D eigenvalue weighted by atomic mass is 10.1. The van der Waals surface area contributed by atoms with E-state index in [1.807, 2.05) is 6.92 Å². The highest BCUT2D eigenvalue weighted by atomic mass is 32.2. The van der Waals surface area contributed by atoms with E-state index in [0.29, 0.717) is 25.8 Å². The van der Waals surface area contributed by atoms with Gasteiger partial charge in [-0.1, -0.05) is 6.92 Å². The Morgan fingerprint density at radius 3 is 2.58 bits per heavy atom. The van der Waals surface area contributed by atoms with Crippen molar-refractivity contribution in [1.82, 2.24) is 9.62 Å². The van der Waals surface area contributed by atoms with Crippen molar-refractivity contribution in [2.75, 3.05) is 25.4 Å². The number of nitrogens with zero attached hydrogens (tertiary/aromatic N) is 1. The minimum Gasteiger partial charge on any atom is -0.341 e. The monoisotopic (exact) mass is 291 g/mol. The largest absolute Gasteiger partial charge is 0.341 e. The summed E-state index contributed by atoms with van der Waals surface area (Å²) >= 11 is 0. The van der Waals surface area contributed by atoms with E-state index in [2.05, 4.69) is 4.72 Å². The number of sulfonamides is 1. The molecule has 0 aromatic carbocycles. The topological polar surface area (TPSA) is 92.5 Å². The molecule has 1 rings (SSSR count). The summed E-state index contributed by atoms with van der Waals surface area (Å²) in [6, 6.07) is -0.506. The molecular formula is C12H25N3O3S. The number of nitrogens with two attached hydrogens (primary N) is 1. The molecule has 0 aromatic heterocycles. The van der Waals surface area contributed by atoms with Gasteiger partial charge < -0.3 is 10.6 Å². The minimum atomic E-state index is -3.15. The van der Waals surface area contributed by atoms with E-state index in [0.717, 1.165) is 25.9 Å². The number of nitrogens with one attached hydrogen (secondary N) is 1. The summed E-state index contributed by atoms with van der Waals surface area (Å²) in [6.07, 6.45) is 3.81. The van der Waals surface area contributed by atoms with E-state index in [1.165, 1.54) is 0 Å². The van der Waals surface area contributed by atoms with Crippen molar-refractivity contribution >= 4 is 15.9 Å². The van der Waals surface area contributed by atoms with Crippen LogP contribution in [0.4, 0.5) is 0 Å². The molecule has 0 unspecified atom stereocenters. The van der Waals surface area contributed by atoms with Gasteiger partial charge in [-0.2, -0.15) is 0 Å². The second-order valence-electron chi connectivity index (χ2n) is 4.99. The molecule has 0 aliphatic carbocycles. The third-order valence-corrected chi connectivity index (χ3v) is 4.81. The van der Waals surface area contributed by atoms with Crippen LogP contribution < -0.4 is 10.5 Å². The third-order valence-electron chi connectivity index (χ3n) is 3.22. The van der Waals surface area contributed by atoms with Crippen molar-refractivity contribution in [3.05, 3.63) is 0 Å². The smallest absolute Gasteiger partial charge is 0.239 e. The highest BCUT2D eigenvalue weighted by molar-refractivity contribution is 7.89. The fourth-order valence-corrected chi connectivity index (χ4v) is 3.32. The fraction of sp³-hybridized carbons (Fsp3) is 0.917. The van der Waals surface area contributed by atoms with Crippen LogP contribution in [0.15, 0.2) is 0 Å². The van der Waals surface area contributed by atoms with E-state index < -0.39 is 16.1 Å². The Labute approximate surface area is 115 Å². The Kier molecular flexibility index (Phi) is 6.74. The normalized spacial score (nSPS) is 17.7. The van der Waals surface area contributed by atoms with Crippen LogP contribution in [0, 0.1) is 0 Å². The maximum Gasteiger partial charge on any atom is 0.239 e. The predicted molar refractivity (Wildman–Crippen MR) is 75.1 cm³/mol. The molecule has 1 aliphatic rings. The Balaban J connectivity index is 2.19. The van der Waals surface area contributed by atoms with Crippen LogP contribution in [0.25, 0.3) is 0 Å². The summed E-state index contributed by atoms with van der Waals surface area (Å²) in [5.74, 6) is 0.139. The third kappa shape index (κ3) is 5.88. The highest BCUT2D eigenvalue weighted by Gasteiger charge is 2.23. The second-order valence-corrected chi connectivity index (χ2v) is 6.92. The van der Waals surface area contributed by atoms with E-state index in [4.69, 9.17) is 5.73 Å². The molecule has 19 heavy (non-hydrogen) atoms. The predicted octanol–water partition coefficient (Wildman–Crippen LogP) is 0.0457. The Morgan fingerprint density at radius 1 is 1.37 bits per heavy atom. The van der Waals surface area contributed by atoms with Gasteiger partial charge in [0.2, 0.25) is 15.9 Å². The van der Waals surface area contributed by atoms with Crippen LogP contribution in [0.5, 0.6) is 0 Å². The van der Waals surface area contributed by atoms with Gasteiger partial charge in [-0.3, -0.25) is 4.79 Å². The quantitative estimate of drug-likeness (QED) is 0.618. The standard InChI is InChI=1S/C12H25N3O3S/c1-2-10-19(17,18)14-7-5-6-11(13)12(16)15-8-3-4-9-15/h11,14H,2-10,13H2,1H3/t11-/m0/s1. The summed E-state index contributed by atoms with van der Waals surface area (Å²) in [7, 11) is -3.15. The summed E-state index contributed by atoms with van der Waals surface area (Å²) in [5.41, 5.74) is 5.84. The number of amides is 1. The zero-order chi connectivity index (χ0) is 14.3. The highest BCUT2D eigenvalue weighted by Crippen LogP contribution is 2.10. The number of likely N-dealkylation sites (tertiary alicyclic amines) is 1. The molecule has 0 aromatic rings. The molecule has 0 saturated carbocycles. The Bertz CT molecular complexity index is 378. The Hall–Kier alpha value is -0.660. The van der Waals surface area contributed by atoms with Crippen LogP contribution in [-0.4, -0.2) is 50.7 Å². The maximum absolute atomic E-state index is 11.9. The average Bonchev–Trinajstić information content (AvgIpc) is 2.87. The van der Waals surface area contributed by atoms with E-state index in [9.17, 15) is 13.2 Å². The summed E-state index contributed by atoms with van der Waals surface area (Å²) < 4.78 is 25.3. The number of carbonyl (C=O) groups excluding carboxylic acids is 1. The van der Waals surface area contributed by atoms with E-state index in [1.54, 1.807) is 4.90 Å². The molecule has 112 valence electrons. The van der Waals surface area contributed by atoms with Gasteiger partial charge in [0.1, 0.15) is 0 Å². The summed E-state index contributed by atoms with van der Waals surface area (Å²) in [5, 5.41) is 0. The summed E-state index contributed by atoms with van der Waals surface area (Å²) in [4.78, 5) is 13.7. The molecule has 7 heteroatoms. The molecule has 1 atom stereocenters. The molecule has 1 aliphatic heterocycles. The fourth-order valence-electron chi connectivity index (χ4n) is 2.19. The average molecular weight is 291 g/mol. The van der Waals surface area contributed by atoms with E-state index >= 15 is 0 Å². The molecule has 3 N–H and O–H groups in total. The van der Waals surface area contributed by atoms with Crippen molar-refractivity contribution in [2.45, 2.75) is 45.1 Å². The van der Waals surface area contributed by atoms with Crippen molar-refractivity contribution < 1.29 is 13.2 Å². The molecule has 1 saturated heterocycles. The van der Waals surface area contributed by atoms with Crippen LogP contribution in [0.3, 0.4) is 0 Å². The van der Waals surface area contributed by atoms with Crippen LogP contribution in [0.1, 0.15) is 39.0 Å². The second kappa shape index (κ2) is 7.81. The molecule has 0 bridgehead atoms. The van der Waals surface area contributed by atoms with Gasteiger partial charge in [-0.25, -0.2) is 13.1 Å². The molecule has 0 radical (unpaired) electrons. The van der Waals surface area contributed by atoms with Crippen molar-refractivity contribution in [3.63, 3.8) is 0 Å². The lowest BCUT2D eigenvalue weighted by Gasteiger charge is -2.20. The van der Waals surface area contributed by atoms with Gasteiger partial charge in [0.25, 0.3) is 0 Å². The van der Waals surface area contributed by atoms with Gasteiger partial charge in [-0.05, 0) is 32.1 Å². The van der Waals surface area contributed by atoms with Gasteiger partial charge in [-0.15, -0.1) is 0 Å². The van der Waals surface area contributed by atoms with Gasteiger partial charge in [0, 0.05) is 19.6 Å². The van der Waals surface area contributed by atoms with Crippen LogP contribution in [-0.2, 0) is 14.8 Å². The zero-order valence-corrected chi connectivity index (χ0v) is 12.4. The van der Waals surface area contributed by atoms with Gasteiger partial charge in [0.05, 0.1) is 11.8 Å². The molecular weight excluding hydrogens is 266 g/mol. The Morgan fingerprint density at radius 2 is 2.00 bits per heavy atom. The van der Waals surface area contributed by atoms with Crippen LogP contribution >= 0.6 is 0 Å². The van der Waals surface area contributed by atoms with Crippen molar-refractivity contribution in [3.8, 4) is 0 Å². The molecule has 1 amide bonds. The molecule has 0 spiro atoms. The lowest BCUT2D eigenvalue weighted by Crippen LogP contribution is -2.42. The first-order valence-corrected chi connectivity index (χ1v) is 8.63. The first kappa shape index (κ1) is 16.4. The zero-order valence-electron chi connectivity index (χ0n) is 11.6. The van der Waals surface area contributed by atoms with Crippen molar-refractivity contribution in [1.29, 1.82) is 0 Å². The molecule has 1 fully saturated rings. The SMILES string of the molecule is CCCS(=O)(=O)NCCC[C@H](N)C(=O)N1CCCC1. The molecule has 1 heterocycles. The van der Waals surface area contributed by atoms with Gasteiger partial charge in [0.15, 0.2) is 0 Å². The molecule has 6 nitrogen and oxygen atoms in total. The number of hydrogen-bond acceptors (Lipinski definition) is 4. The number of rotatable bonds is 8. The lowest BCUT2D eigenvalue weighted by molar-refractivity contribution is -0.131. The van der Waals surface area contributed by atoms with Gasteiger partial charge >= 0.3 is 0 Å². The summed E-state index contributed by atoms with van der Waals surface area (Å²) in [6.45, 7) is 3.78. The maximum atomic E-state index is 11.9. The number of hydrogen-bond donors (Lipinski definition) is 2. The first-order chi connectivity index (χ1) is 8.96. The van der Waals surface area contributed by atoms with Crippen LogP contribution in [0.2, 0.25) is 0 Å².